The molecule has 1 amide bonds. The Kier molecular flexibility index (Phi) is 3.78. The van der Waals surface area contributed by atoms with Crippen molar-refractivity contribution in [3.05, 3.63) is 29.6 Å². The van der Waals surface area contributed by atoms with Gasteiger partial charge >= 0.3 is 0 Å². The van der Waals surface area contributed by atoms with Gasteiger partial charge in [0.15, 0.2) is 0 Å². The third kappa shape index (κ3) is 2.78. The van der Waals surface area contributed by atoms with Gasteiger partial charge in [-0.1, -0.05) is 12.8 Å². The highest BCUT2D eigenvalue weighted by Crippen LogP contribution is 2.37. The topological polar surface area (TPSA) is 29.1 Å². The zero-order valence-corrected chi connectivity index (χ0v) is 11.6. The first-order valence-electron chi connectivity index (χ1n) is 6.96. The molecule has 1 aromatic carbocycles. The zero-order chi connectivity index (χ0) is 13.2. The van der Waals surface area contributed by atoms with Crippen molar-refractivity contribution < 1.29 is 9.18 Å². The van der Waals surface area contributed by atoms with E-state index >= 15 is 0 Å². The number of halogens is 1. The number of thioether (sulfide) groups is 1. The monoisotopic (exact) mass is 279 g/mol. The summed E-state index contributed by atoms with van der Waals surface area (Å²) in [6, 6.07) is 4.87. The molecule has 0 radical (unpaired) electrons. The van der Waals surface area contributed by atoms with E-state index in [1.54, 1.807) is 17.8 Å². The molecule has 0 bridgehead atoms. The van der Waals surface area contributed by atoms with E-state index < -0.39 is 0 Å². The molecule has 3 rings (SSSR count). The number of hydrogen-bond acceptors (Lipinski definition) is 2. The number of carbonyl (C=O) groups is 1. The minimum absolute atomic E-state index is 0.0138. The molecule has 19 heavy (non-hydrogen) atoms. The summed E-state index contributed by atoms with van der Waals surface area (Å²) in [5.74, 6) is 1.09. The molecule has 1 aromatic rings. The third-order valence-corrected chi connectivity index (χ3v) is 5.18. The number of hydrogen-bond donors (Lipinski definition) is 1. The highest BCUT2D eigenvalue weighted by molar-refractivity contribution is 7.99. The third-order valence-electron chi connectivity index (χ3n) is 4.05. The summed E-state index contributed by atoms with van der Waals surface area (Å²) in [4.78, 5) is 13.3. The van der Waals surface area contributed by atoms with Crippen LogP contribution in [0.25, 0.3) is 0 Å². The summed E-state index contributed by atoms with van der Waals surface area (Å²) >= 11 is 1.74. The first-order valence-corrected chi connectivity index (χ1v) is 7.95. The Balaban J connectivity index is 1.75. The molecule has 2 aliphatic rings. The van der Waals surface area contributed by atoms with Crippen LogP contribution in [-0.4, -0.2) is 11.7 Å². The van der Waals surface area contributed by atoms with Gasteiger partial charge in [0.1, 0.15) is 5.82 Å². The Morgan fingerprint density at radius 1 is 1.26 bits per heavy atom. The van der Waals surface area contributed by atoms with Gasteiger partial charge in [0.05, 0.1) is 6.04 Å². The molecule has 4 heteroatoms. The van der Waals surface area contributed by atoms with E-state index in [9.17, 15) is 9.18 Å². The number of carbonyl (C=O) groups excluding carboxylic acids is 1. The first kappa shape index (κ1) is 13.0. The van der Waals surface area contributed by atoms with Gasteiger partial charge in [-0.15, -0.1) is 11.8 Å². The molecular weight excluding hydrogens is 261 g/mol. The van der Waals surface area contributed by atoms with Gasteiger partial charge in [-0.2, -0.15) is 0 Å². The second-order valence-electron chi connectivity index (χ2n) is 5.36. The maximum atomic E-state index is 13.4. The van der Waals surface area contributed by atoms with Crippen LogP contribution >= 0.6 is 11.8 Å². The lowest BCUT2D eigenvalue weighted by Crippen LogP contribution is -2.34. The molecule has 0 aromatic heterocycles. The summed E-state index contributed by atoms with van der Waals surface area (Å²) in [7, 11) is 0. The SMILES string of the molecule is O=C(N[C@H]1CCSc2ccc(F)cc21)C1CCCC1. The molecule has 1 fully saturated rings. The number of fused-ring (bicyclic) bond motifs is 1. The second kappa shape index (κ2) is 5.53. The van der Waals surface area contributed by atoms with E-state index in [0.717, 1.165) is 48.3 Å². The first-order chi connectivity index (χ1) is 9.24. The van der Waals surface area contributed by atoms with Gasteiger partial charge in [-0.25, -0.2) is 4.39 Å². The molecular formula is C15H18FNOS. The van der Waals surface area contributed by atoms with Crippen LogP contribution in [0.3, 0.4) is 0 Å². The summed E-state index contributed by atoms with van der Waals surface area (Å²) in [5, 5.41) is 3.13. The van der Waals surface area contributed by atoms with Crippen molar-refractivity contribution in [2.45, 2.75) is 43.0 Å². The van der Waals surface area contributed by atoms with Crippen molar-refractivity contribution in [2.24, 2.45) is 5.92 Å². The van der Waals surface area contributed by atoms with E-state index in [1.807, 2.05) is 6.07 Å². The van der Waals surface area contributed by atoms with Gasteiger partial charge in [-0.3, -0.25) is 4.79 Å². The fourth-order valence-corrected chi connectivity index (χ4v) is 4.10. The van der Waals surface area contributed by atoms with Crippen molar-refractivity contribution in [2.75, 3.05) is 5.75 Å². The Bertz CT molecular complexity index is 485. The Labute approximate surface area is 117 Å². The minimum Gasteiger partial charge on any atom is -0.349 e. The molecule has 1 heterocycles. The summed E-state index contributed by atoms with van der Waals surface area (Å²) < 4.78 is 13.4. The van der Waals surface area contributed by atoms with Crippen LogP contribution in [-0.2, 0) is 4.79 Å². The number of rotatable bonds is 2. The van der Waals surface area contributed by atoms with E-state index in [1.165, 1.54) is 6.07 Å². The maximum Gasteiger partial charge on any atom is 0.223 e. The number of benzene rings is 1. The second-order valence-corrected chi connectivity index (χ2v) is 6.50. The van der Waals surface area contributed by atoms with Crippen LogP contribution in [0.4, 0.5) is 4.39 Å². The number of nitrogens with one attached hydrogen (secondary N) is 1. The van der Waals surface area contributed by atoms with Crippen molar-refractivity contribution in [3.63, 3.8) is 0 Å². The number of amides is 1. The highest BCUT2D eigenvalue weighted by atomic mass is 32.2. The highest BCUT2D eigenvalue weighted by Gasteiger charge is 2.27. The zero-order valence-electron chi connectivity index (χ0n) is 10.8. The van der Waals surface area contributed by atoms with Gasteiger partial charge in [-0.05, 0) is 43.0 Å². The van der Waals surface area contributed by atoms with E-state index in [4.69, 9.17) is 0 Å². The normalized spacial score (nSPS) is 23.1. The lowest BCUT2D eigenvalue weighted by atomic mass is 10.0. The largest absolute Gasteiger partial charge is 0.349 e. The average molecular weight is 279 g/mol. The van der Waals surface area contributed by atoms with Crippen LogP contribution < -0.4 is 5.32 Å². The van der Waals surface area contributed by atoms with Gasteiger partial charge in [0, 0.05) is 16.6 Å². The maximum absolute atomic E-state index is 13.4. The van der Waals surface area contributed by atoms with Crippen LogP contribution in [0.1, 0.15) is 43.7 Å². The molecule has 102 valence electrons. The van der Waals surface area contributed by atoms with Crippen LogP contribution in [0.2, 0.25) is 0 Å². The van der Waals surface area contributed by atoms with E-state index in [0.29, 0.717) is 0 Å². The lowest BCUT2D eigenvalue weighted by molar-refractivity contribution is -0.125. The Hall–Kier alpha value is -1.03. The van der Waals surface area contributed by atoms with E-state index in [2.05, 4.69) is 5.32 Å². The molecule has 1 aliphatic carbocycles. The van der Waals surface area contributed by atoms with Gasteiger partial charge in [0.25, 0.3) is 0 Å². The van der Waals surface area contributed by atoms with Crippen molar-refractivity contribution in [1.29, 1.82) is 0 Å². The summed E-state index contributed by atoms with van der Waals surface area (Å²) in [5.41, 5.74) is 0.947. The molecule has 1 atom stereocenters. The molecule has 0 spiro atoms. The predicted molar refractivity (Wildman–Crippen MR) is 74.6 cm³/mol. The molecule has 2 nitrogen and oxygen atoms in total. The molecule has 1 aliphatic heterocycles. The Morgan fingerprint density at radius 3 is 2.84 bits per heavy atom. The smallest absolute Gasteiger partial charge is 0.223 e. The van der Waals surface area contributed by atoms with Crippen LogP contribution in [0.15, 0.2) is 23.1 Å². The van der Waals surface area contributed by atoms with Crippen LogP contribution in [0, 0.1) is 11.7 Å². The lowest BCUT2D eigenvalue weighted by Gasteiger charge is -2.27. The average Bonchev–Trinajstić information content (AvgIpc) is 2.93. The van der Waals surface area contributed by atoms with Crippen molar-refractivity contribution >= 4 is 17.7 Å². The predicted octanol–water partition coefficient (Wildman–Crippen LogP) is 3.67. The van der Waals surface area contributed by atoms with Crippen molar-refractivity contribution in [3.8, 4) is 0 Å². The molecule has 1 N–H and O–H groups in total. The molecule has 0 unspecified atom stereocenters. The summed E-state index contributed by atoms with van der Waals surface area (Å²) in [6.07, 6.45) is 5.21. The van der Waals surface area contributed by atoms with E-state index in [-0.39, 0.29) is 23.7 Å². The van der Waals surface area contributed by atoms with Gasteiger partial charge in [0.2, 0.25) is 5.91 Å². The molecule has 1 saturated carbocycles. The Morgan fingerprint density at radius 2 is 2.05 bits per heavy atom. The molecule has 0 saturated heterocycles. The van der Waals surface area contributed by atoms with Crippen molar-refractivity contribution in [1.82, 2.24) is 5.32 Å². The summed E-state index contributed by atoms with van der Waals surface area (Å²) in [6.45, 7) is 0. The van der Waals surface area contributed by atoms with Crippen LogP contribution in [0.5, 0.6) is 0 Å². The fraction of sp³-hybridized carbons (Fsp3) is 0.533. The standard InChI is InChI=1S/C15H18FNOS/c16-11-5-6-14-12(9-11)13(7-8-19-14)17-15(18)10-3-1-2-4-10/h5-6,9-10,13H,1-4,7-8H2,(H,17,18)/t13-/m0/s1. The van der Waals surface area contributed by atoms with Gasteiger partial charge < -0.3 is 5.32 Å². The fourth-order valence-electron chi connectivity index (χ4n) is 2.99. The quantitative estimate of drug-likeness (QED) is 0.895. The minimum atomic E-state index is -0.221.